The first-order chi connectivity index (χ1) is 15.4. The monoisotopic (exact) mass is 524 g/mol. The highest BCUT2D eigenvalue weighted by Crippen LogP contribution is 2.67. The molecule has 198 valence electrons. The summed E-state index contributed by atoms with van der Waals surface area (Å²) in [5.41, 5.74) is 0.795. The van der Waals surface area contributed by atoms with Gasteiger partial charge in [-0.15, -0.1) is 0 Å². The van der Waals surface area contributed by atoms with Gasteiger partial charge in [0.05, 0.1) is 12.2 Å². The van der Waals surface area contributed by atoms with Crippen LogP contribution in [0.1, 0.15) is 65.2 Å². The normalized spacial score (nSPS) is 45.4. The fourth-order valence-electron chi connectivity index (χ4n) is 8.92. The third kappa shape index (κ3) is 5.52. The van der Waals surface area contributed by atoms with Gasteiger partial charge in [-0.2, -0.15) is 0 Å². The predicted molar refractivity (Wildman–Crippen MR) is 152 cm³/mol. The second kappa shape index (κ2) is 9.07. The van der Waals surface area contributed by atoms with E-state index in [4.69, 9.17) is 13.3 Å². The molecular formula is C28H56O3Si3. The van der Waals surface area contributed by atoms with E-state index in [0.717, 1.165) is 23.7 Å². The molecule has 0 radical (unpaired) electrons. The Kier molecular flexibility index (Phi) is 7.36. The first kappa shape index (κ1) is 27.6. The molecule has 3 unspecified atom stereocenters. The Balaban J connectivity index is 1.56. The predicted octanol–water partition coefficient (Wildman–Crippen LogP) is 8.30. The van der Waals surface area contributed by atoms with Crippen LogP contribution in [0.2, 0.25) is 58.9 Å². The van der Waals surface area contributed by atoms with Gasteiger partial charge in [-0.1, -0.05) is 13.8 Å². The van der Waals surface area contributed by atoms with Gasteiger partial charge >= 0.3 is 0 Å². The summed E-state index contributed by atoms with van der Waals surface area (Å²) < 4.78 is 20.6. The van der Waals surface area contributed by atoms with E-state index < -0.39 is 25.0 Å². The van der Waals surface area contributed by atoms with Crippen LogP contribution in [0.15, 0.2) is 0 Å². The second-order valence-electron chi connectivity index (χ2n) is 16.0. The lowest BCUT2D eigenvalue weighted by atomic mass is 9.45. The van der Waals surface area contributed by atoms with Crippen LogP contribution < -0.4 is 0 Å². The highest BCUT2D eigenvalue weighted by Gasteiger charge is 2.63. The summed E-state index contributed by atoms with van der Waals surface area (Å²) in [4.78, 5) is 0. The molecule has 0 aromatic heterocycles. The SMILES string of the molecule is C[C@]12CCC3C(CC[C@H]4C[C@H](O[Si](C)(C)C)CC[C@]34C)C1C[C@@H](O[Si](C)(C)C)[C@@H]2O[Si](C)(C)C. The van der Waals surface area contributed by atoms with Crippen molar-refractivity contribution >= 4 is 25.0 Å². The highest BCUT2D eigenvalue weighted by atomic mass is 28.4. The Morgan fingerprint density at radius 3 is 1.76 bits per heavy atom. The number of hydrogen-bond acceptors (Lipinski definition) is 3. The molecule has 0 saturated heterocycles. The smallest absolute Gasteiger partial charge is 0.184 e. The molecule has 9 atom stereocenters. The van der Waals surface area contributed by atoms with Crippen molar-refractivity contribution in [2.24, 2.45) is 34.5 Å². The van der Waals surface area contributed by atoms with E-state index in [1.165, 1.54) is 51.4 Å². The molecule has 0 N–H and O–H groups in total. The largest absolute Gasteiger partial charge is 0.415 e. The molecule has 3 nitrogen and oxygen atoms in total. The maximum absolute atomic E-state index is 7.03. The summed E-state index contributed by atoms with van der Waals surface area (Å²) in [6.07, 6.45) is 11.9. The molecule has 4 saturated carbocycles. The Labute approximate surface area is 214 Å². The molecule has 0 spiro atoms. The van der Waals surface area contributed by atoms with Crippen molar-refractivity contribution in [3.05, 3.63) is 0 Å². The first-order valence-corrected chi connectivity index (χ1v) is 24.7. The zero-order valence-corrected chi connectivity index (χ0v) is 27.4. The molecule has 0 aliphatic heterocycles. The maximum Gasteiger partial charge on any atom is 0.184 e. The van der Waals surface area contributed by atoms with Crippen LogP contribution >= 0.6 is 0 Å². The van der Waals surface area contributed by atoms with Gasteiger partial charge in [0.15, 0.2) is 25.0 Å². The van der Waals surface area contributed by atoms with E-state index in [2.05, 4.69) is 72.8 Å². The quantitative estimate of drug-likeness (QED) is 0.327. The fraction of sp³-hybridized carbons (Fsp3) is 1.00. The Morgan fingerprint density at radius 1 is 0.588 bits per heavy atom. The van der Waals surface area contributed by atoms with Gasteiger partial charge in [0.25, 0.3) is 0 Å². The molecule has 4 aliphatic rings. The van der Waals surface area contributed by atoms with E-state index >= 15 is 0 Å². The molecular weight excluding hydrogens is 469 g/mol. The van der Waals surface area contributed by atoms with Crippen LogP contribution in [-0.2, 0) is 13.3 Å². The van der Waals surface area contributed by atoms with Crippen LogP contribution in [0.25, 0.3) is 0 Å². The van der Waals surface area contributed by atoms with Crippen LogP contribution in [0.3, 0.4) is 0 Å². The van der Waals surface area contributed by atoms with Gasteiger partial charge in [-0.05, 0) is 145 Å². The average molecular weight is 525 g/mol. The van der Waals surface area contributed by atoms with E-state index in [0.29, 0.717) is 23.7 Å². The minimum atomic E-state index is -1.65. The van der Waals surface area contributed by atoms with Gasteiger partial charge in [0.1, 0.15) is 0 Å². The summed E-state index contributed by atoms with van der Waals surface area (Å²) in [7, 11) is -4.74. The topological polar surface area (TPSA) is 27.7 Å². The van der Waals surface area contributed by atoms with Crippen LogP contribution in [0.4, 0.5) is 0 Å². The molecule has 4 rings (SSSR count). The van der Waals surface area contributed by atoms with Gasteiger partial charge < -0.3 is 13.3 Å². The molecule has 34 heavy (non-hydrogen) atoms. The molecule has 4 aliphatic carbocycles. The van der Waals surface area contributed by atoms with E-state index in [9.17, 15) is 0 Å². The van der Waals surface area contributed by atoms with Crippen molar-refractivity contribution in [3.63, 3.8) is 0 Å². The van der Waals surface area contributed by atoms with Crippen molar-refractivity contribution in [2.45, 2.75) is 142 Å². The van der Waals surface area contributed by atoms with E-state index in [1.807, 2.05) is 0 Å². The lowest BCUT2D eigenvalue weighted by Gasteiger charge is -2.61. The molecule has 0 heterocycles. The third-order valence-corrected chi connectivity index (χ3v) is 13.0. The minimum Gasteiger partial charge on any atom is -0.415 e. The minimum absolute atomic E-state index is 0.285. The second-order valence-corrected chi connectivity index (χ2v) is 29.4. The number of hydrogen-bond donors (Lipinski definition) is 0. The van der Waals surface area contributed by atoms with Crippen molar-refractivity contribution < 1.29 is 13.3 Å². The summed E-state index contributed by atoms with van der Waals surface area (Å²) in [5, 5.41) is 0. The molecule has 0 aromatic rings. The molecule has 0 bridgehead atoms. The summed E-state index contributed by atoms with van der Waals surface area (Å²) in [6.45, 7) is 26.5. The first-order valence-electron chi connectivity index (χ1n) is 14.4. The zero-order chi connectivity index (χ0) is 25.3. The van der Waals surface area contributed by atoms with Gasteiger partial charge in [-0.3, -0.25) is 0 Å². The third-order valence-electron chi connectivity index (χ3n) is 10.0. The number of fused-ring (bicyclic) bond motifs is 5. The van der Waals surface area contributed by atoms with E-state index in [1.54, 1.807) is 0 Å². The van der Waals surface area contributed by atoms with Crippen molar-refractivity contribution in [1.29, 1.82) is 0 Å². The lowest BCUT2D eigenvalue weighted by molar-refractivity contribution is -0.131. The standard InChI is InChI=1S/C28H56O3Si3/c1-27-16-14-21(29-32(3,4)5)18-20(27)12-13-22-23(27)15-17-28(2)24(22)19-25(30-33(6,7)8)26(28)31-34(9,10)11/h20-26H,12-19H2,1-11H3/t20-,21+,22?,23?,24?,25+,26-,27-,28-/m0/s1. The molecule has 0 aromatic carbocycles. The van der Waals surface area contributed by atoms with Gasteiger partial charge in [0, 0.05) is 6.10 Å². The lowest BCUT2D eigenvalue weighted by Crippen LogP contribution is -2.56. The van der Waals surface area contributed by atoms with Crippen LogP contribution in [0.5, 0.6) is 0 Å². The van der Waals surface area contributed by atoms with Gasteiger partial charge in [-0.25, -0.2) is 0 Å². The maximum atomic E-state index is 7.03. The summed E-state index contributed by atoms with van der Waals surface area (Å²) in [5.74, 6) is 3.37. The molecule has 4 fully saturated rings. The summed E-state index contributed by atoms with van der Waals surface area (Å²) >= 11 is 0. The van der Waals surface area contributed by atoms with Gasteiger partial charge in [0.2, 0.25) is 0 Å². The molecule has 0 amide bonds. The Hall–Kier alpha value is 0.531. The highest BCUT2D eigenvalue weighted by molar-refractivity contribution is 6.70. The number of rotatable bonds is 6. The van der Waals surface area contributed by atoms with Crippen molar-refractivity contribution in [2.75, 3.05) is 0 Å². The van der Waals surface area contributed by atoms with Crippen molar-refractivity contribution in [1.82, 2.24) is 0 Å². The fourth-order valence-corrected chi connectivity index (χ4v) is 12.4. The Bertz CT molecular complexity index is 739. The molecule has 6 heteroatoms. The summed E-state index contributed by atoms with van der Waals surface area (Å²) in [6, 6.07) is 0. The van der Waals surface area contributed by atoms with Crippen molar-refractivity contribution in [3.8, 4) is 0 Å². The Morgan fingerprint density at radius 2 is 1.18 bits per heavy atom. The van der Waals surface area contributed by atoms with Crippen LogP contribution in [-0.4, -0.2) is 43.3 Å². The average Bonchev–Trinajstić information content (AvgIpc) is 2.90. The van der Waals surface area contributed by atoms with E-state index in [-0.39, 0.29) is 5.41 Å². The van der Waals surface area contributed by atoms with Crippen LogP contribution in [0, 0.1) is 34.5 Å². The zero-order valence-electron chi connectivity index (χ0n) is 24.4.